The Kier molecular flexibility index (Phi) is 4.85. The predicted molar refractivity (Wildman–Crippen MR) is 75.9 cm³/mol. The van der Waals surface area contributed by atoms with Crippen LogP contribution in [-0.4, -0.2) is 60.1 Å². The number of amides is 1. The molecular weight excluding hydrogens is 240 g/mol. The topological polar surface area (TPSA) is 43.8 Å². The Hall–Kier alpha value is -0.610. The lowest BCUT2D eigenvalue weighted by Crippen LogP contribution is -2.48. The van der Waals surface area contributed by atoms with Crippen LogP contribution >= 0.6 is 0 Å². The van der Waals surface area contributed by atoms with Crippen molar-refractivity contribution in [1.82, 2.24) is 9.80 Å². The summed E-state index contributed by atoms with van der Waals surface area (Å²) in [5.41, 5.74) is -0.462. The number of likely N-dealkylation sites (tertiary alicyclic amines) is 1. The fourth-order valence-corrected chi connectivity index (χ4v) is 3.49. The Morgan fingerprint density at radius 1 is 1.21 bits per heavy atom. The number of rotatable bonds is 3. The van der Waals surface area contributed by atoms with Crippen molar-refractivity contribution in [3.63, 3.8) is 0 Å². The van der Waals surface area contributed by atoms with Crippen LogP contribution in [0.1, 0.15) is 44.9 Å². The van der Waals surface area contributed by atoms with Crippen molar-refractivity contribution >= 4 is 5.91 Å². The first-order valence-corrected chi connectivity index (χ1v) is 7.66. The third-order valence-corrected chi connectivity index (χ3v) is 4.68. The number of carbonyl (C=O) groups excluding carboxylic acids is 1. The van der Waals surface area contributed by atoms with E-state index in [0.717, 1.165) is 58.2 Å². The first-order valence-electron chi connectivity index (χ1n) is 7.66. The predicted octanol–water partition coefficient (Wildman–Crippen LogP) is 1.48. The first-order chi connectivity index (χ1) is 9.00. The Balaban J connectivity index is 1.78. The SMILES string of the molecule is CN(C)C(=O)C1CCN(CC2(O)CCCCC2)CC1. The maximum Gasteiger partial charge on any atom is 0.225 e. The van der Waals surface area contributed by atoms with E-state index in [1.165, 1.54) is 6.42 Å². The molecule has 0 atom stereocenters. The van der Waals surface area contributed by atoms with E-state index < -0.39 is 5.60 Å². The lowest BCUT2D eigenvalue weighted by Gasteiger charge is -2.40. The van der Waals surface area contributed by atoms with Gasteiger partial charge in [-0.25, -0.2) is 0 Å². The van der Waals surface area contributed by atoms with E-state index in [9.17, 15) is 9.90 Å². The van der Waals surface area contributed by atoms with Gasteiger partial charge < -0.3 is 14.9 Å². The summed E-state index contributed by atoms with van der Waals surface area (Å²) in [5.74, 6) is 0.447. The maximum atomic E-state index is 11.9. The molecule has 2 rings (SSSR count). The van der Waals surface area contributed by atoms with Crippen LogP contribution in [0.4, 0.5) is 0 Å². The molecule has 1 amide bonds. The van der Waals surface area contributed by atoms with Gasteiger partial charge in [-0.3, -0.25) is 4.79 Å². The van der Waals surface area contributed by atoms with Crippen LogP contribution < -0.4 is 0 Å². The van der Waals surface area contributed by atoms with Crippen LogP contribution in [0.3, 0.4) is 0 Å². The molecule has 2 aliphatic rings. The largest absolute Gasteiger partial charge is 0.389 e. The molecule has 4 heteroatoms. The van der Waals surface area contributed by atoms with E-state index in [0.29, 0.717) is 0 Å². The van der Waals surface area contributed by atoms with Gasteiger partial charge >= 0.3 is 0 Å². The number of hydrogen-bond donors (Lipinski definition) is 1. The molecule has 1 aliphatic heterocycles. The van der Waals surface area contributed by atoms with Crippen molar-refractivity contribution in [3.8, 4) is 0 Å². The van der Waals surface area contributed by atoms with Gasteiger partial charge in [0.1, 0.15) is 0 Å². The lowest BCUT2D eigenvalue weighted by molar-refractivity contribution is -0.134. The van der Waals surface area contributed by atoms with Gasteiger partial charge in [-0.2, -0.15) is 0 Å². The number of aliphatic hydroxyl groups is 1. The summed E-state index contributed by atoms with van der Waals surface area (Å²) < 4.78 is 0. The highest BCUT2D eigenvalue weighted by Crippen LogP contribution is 2.30. The highest BCUT2D eigenvalue weighted by atomic mass is 16.3. The normalized spacial score (nSPS) is 25.2. The van der Waals surface area contributed by atoms with E-state index >= 15 is 0 Å². The fourth-order valence-electron chi connectivity index (χ4n) is 3.49. The smallest absolute Gasteiger partial charge is 0.225 e. The van der Waals surface area contributed by atoms with Crippen molar-refractivity contribution in [2.45, 2.75) is 50.5 Å². The molecule has 0 aromatic heterocycles. The average Bonchev–Trinajstić information content (AvgIpc) is 2.39. The van der Waals surface area contributed by atoms with Gasteiger partial charge in [0.15, 0.2) is 0 Å². The molecule has 110 valence electrons. The monoisotopic (exact) mass is 268 g/mol. The second-order valence-corrected chi connectivity index (χ2v) is 6.57. The van der Waals surface area contributed by atoms with Crippen molar-refractivity contribution in [2.75, 3.05) is 33.7 Å². The molecule has 0 bridgehead atoms. The molecule has 1 heterocycles. The lowest BCUT2D eigenvalue weighted by atomic mass is 9.83. The molecule has 1 saturated heterocycles. The van der Waals surface area contributed by atoms with Crippen LogP contribution in [-0.2, 0) is 4.79 Å². The number of hydrogen-bond acceptors (Lipinski definition) is 3. The van der Waals surface area contributed by atoms with E-state index in [1.807, 2.05) is 14.1 Å². The molecule has 4 nitrogen and oxygen atoms in total. The van der Waals surface area contributed by atoms with Gasteiger partial charge in [-0.1, -0.05) is 19.3 Å². The summed E-state index contributed by atoms with van der Waals surface area (Å²) >= 11 is 0. The second kappa shape index (κ2) is 6.23. The minimum Gasteiger partial charge on any atom is -0.389 e. The van der Waals surface area contributed by atoms with E-state index in [1.54, 1.807) is 4.90 Å². The average molecular weight is 268 g/mol. The molecular formula is C15H28N2O2. The van der Waals surface area contributed by atoms with Crippen molar-refractivity contribution in [1.29, 1.82) is 0 Å². The Morgan fingerprint density at radius 3 is 2.32 bits per heavy atom. The van der Waals surface area contributed by atoms with Crippen molar-refractivity contribution in [3.05, 3.63) is 0 Å². The minimum absolute atomic E-state index is 0.187. The van der Waals surface area contributed by atoms with Gasteiger partial charge in [-0.15, -0.1) is 0 Å². The molecule has 0 aromatic rings. The molecule has 0 spiro atoms. The van der Waals surface area contributed by atoms with E-state index in [2.05, 4.69) is 4.90 Å². The molecule has 1 aliphatic carbocycles. The van der Waals surface area contributed by atoms with E-state index in [-0.39, 0.29) is 11.8 Å². The van der Waals surface area contributed by atoms with Crippen molar-refractivity contribution < 1.29 is 9.90 Å². The van der Waals surface area contributed by atoms with Gasteiger partial charge in [0.25, 0.3) is 0 Å². The van der Waals surface area contributed by atoms with Crippen LogP contribution in [0.25, 0.3) is 0 Å². The summed E-state index contributed by atoms with van der Waals surface area (Å²) in [6.45, 7) is 2.70. The van der Waals surface area contributed by atoms with Crippen LogP contribution in [0.2, 0.25) is 0 Å². The summed E-state index contributed by atoms with van der Waals surface area (Å²) in [6, 6.07) is 0. The minimum atomic E-state index is -0.462. The summed E-state index contributed by atoms with van der Waals surface area (Å²) in [6.07, 6.45) is 7.35. The van der Waals surface area contributed by atoms with Gasteiger partial charge in [0, 0.05) is 26.6 Å². The zero-order valence-electron chi connectivity index (χ0n) is 12.4. The third-order valence-electron chi connectivity index (χ3n) is 4.68. The fraction of sp³-hybridized carbons (Fsp3) is 0.933. The molecule has 1 N–H and O–H groups in total. The van der Waals surface area contributed by atoms with Crippen LogP contribution in [0.15, 0.2) is 0 Å². The number of carbonyl (C=O) groups is 1. The zero-order valence-corrected chi connectivity index (χ0v) is 12.4. The van der Waals surface area contributed by atoms with E-state index in [4.69, 9.17) is 0 Å². The molecule has 0 radical (unpaired) electrons. The molecule has 0 unspecified atom stereocenters. The van der Waals surface area contributed by atoms with Gasteiger partial charge in [-0.05, 0) is 38.8 Å². The van der Waals surface area contributed by atoms with Crippen molar-refractivity contribution in [2.24, 2.45) is 5.92 Å². The second-order valence-electron chi connectivity index (χ2n) is 6.57. The number of piperidine rings is 1. The summed E-state index contributed by atoms with van der Waals surface area (Å²) in [5, 5.41) is 10.6. The first kappa shape index (κ1) is 14.8. The highest BCUT2D eigenvalue weighted by molar-refractivity contribution is 5.78. The summed E-state index contributed by atoms with van der Waals surface area (Å²) in [7, 11) is 3.67. The Bertz CT molecular complexity index is 303. The van der Waals surface area contributed by atoms with Crippen LogP contribution in [0.5, 0.6) is 0 Å². The molecule has 19 heavy (non-hydrogen) atoms. The van der Waals surface area contributed by atoms with Gasteiger partial charge in [0.05, 0.1) is 5.60 Å². The Morgan fingerprint density at radius 2 is 1.79 bits per heavy atom. The molecule has 0 aromatic carbocycles. The molecule has 1 saturated carbocycles. The molecule has 2 fully saturated rings. The highest BCUT2D eigenvalue weighted by Gasteiger charge is 2.33. The Labute approximate surface area is 116 Å². The zero-order chi connectivity index (χ0) is 13.9. The standard InChI is InChI=1S/C15H28N2O2/c1-16(2)14(18)13-6-10-17(11-7-13)12-15(19)8-4-3-5-9-15/h13,19H,3-12H2,1-2H3. The number of nitrogens with zero attached hydrogens (tertiary/aromatic N) is 2. The quantitative estimate of drug-likeness (QED) is 0.843. The van der Waals surface area contributed by atoms with Crippen LogP contribution in [0, 0.1) is 5.92 Å². The van der Waals surface area contributed by atoms with Gasteiger partial charge in [0.2, 0.25) is 5.91 Å². The third kappa shape index (κ3) is 3.93. The maximum absolute atomic E-state index is 11.9. The summed E-state index contributed by atoms with van der Waals surface area (Å²) in [4.78, 5) is 16.0. The number of β-amino-alcohol motifs (C(OH)–C–C–N with tert-alkyl or cyclic N) is 1.